The highest BCUT2D eigenvalue weighted by molar-refractivity contribution is 7.92. The summed E-state index contributed by atoms with van der Waals surface area (Å²) in [5.74, 6) is -1.38. The molecule has 2 aromatic carbocycles. The summed E-state index contributed by atoms with van der Waals surface area (Å²) in [5.41, 5.74) is 1.32. The number of hydrogen-bond acceptors (Lipinski definition) is 7. The van der Waals surface area contributed by atoms with Crippen LogP contribution in [0.4, 0.5) is 5.69 Å². The van der Waals surface area contributed by atoms with Crippen molar-refractivity contribution < 1.29 is 32.2 Å². The van der Waals surface area contributed by atoms with E-state index in [1.165, 1.54) is 19.2 Å². The molecule has 1 fully saturated rings. The number of benzene rings is 2. The summed E-state index contributed by atoms with van der Waals surface area (Å²) in [6.45, 7) is 3.58. The summed E-state index contributed by atoms with van der Waals surface area (Å²) >= 11 is 0. The molecule has 1 saturated heterocycles. The van der Waals surface area contributed by atoms with Crippen LogP contribution in [-0.4, -0.2) is 39.7 Å². The summed E-state index contributed by atoms with van der Waals surface area (Å²) in [7, 11) is -2.72. The van der Waals surface area contributed by atoms with Crippen molar-refractivity contribution in [3.63, 3.8) is 0 Å². The zero-order chi connectivity index (χ0) is 21.2. The summed E-state index contributed by atoms with van der Waals surface area (Å²) in [5, 5.41) is 0. The monoisotopic (exact) mass is 419 g/mol. The van der Waals surface area contributed by atoms with Crippen LogP contribution in [0, 0.1) is 6.92 Å². The second kappa shape index (κ2) is 8.12. The molecule has 0 saturated carbocycles. The average molecular weight is 419 g/mol. The number of hydrogen-bond donors (Lipinski definition) is 1. The van der Waals surface area contributed by atoms with E-state index >= 15 is 0 Å². The zero-order valence-corrected chi connectivity index (χ0v) is 17.0. The van der Waals surface area contributed by atoms with Crippen LogP contribution in [0.15, 0.2) is 47.4 Å². The van der Waals surface area contributed by atoms with Crippen molar-refractivity contribution in [3.8, 4) is 5.75 Å². The normalized spacial score (nSPS) is 18.8. The van der Waals surface area contributed by atoms with Crippen molar-refractivity contribution in [3.05, 3.63) is 53.6 Å². The Morgan fingerprint density at radius 3 is 2.45 bits per heavy atom. The number of aryl methyl sites for hydroxylation is 1. The molecule has 29 heavy (non-hydrogen) atoms. The number of ether oxygens (including phenoxy) is 3. The van der Waals surface area contributed by atoms with Gasteiger partial charge in [-0.1, -0.05) is 17.7 Å². The number of anilines is 1. The molecule has 1 aliphatic rings. The molecule has 8 nitrogen and oxygen atoms in total. The summed E-state index contributed by atoms with van der Waals surface area (Å²) in [6, 6.07) is 10.7. The number of rotatable bonds is 6. The van der Waals surface area contributed by atoms with Crippen LogP contribution in [0.1, 0.15) is 29.3 Å². The summed E-state index contributed by atoms with van der Waals surface area (Å²) in [4.78, 5) is 23.9. The first-order valence-electron chi connectivity index (χ1n) is 8.88. The first kappa shape index (κ1) is 20.7. The Morgan fingerprint density at radius 1 is 1.17 bits per heavy atom. The third kappa shape index (κ3) is 4.68. The maximum atomic E-state index is 12.9. The predicted molar refractivity (Wildman–Crippen MR) is 104 cm³/mol. The number of methoxy groups -OCH3 is 1. The molecule has 0 bridgehead atoms. The van der Waals surface area contributed by atoms with Crippen LogP contribution in [0.2, 0.25) is 0 Å². The summed E-state index contributed by atoms with van der Waals surface area (Å²) < 4.78 is 43.5. The van der Waals surface area contributed by atoms with Crippen LogP contribution < -0.4 is 9.46 Å². The fraction of sp³-hybridized carbons (Fsp3) is 0.300. The van der Waals surface area contributed by atoms with Crippen LogP contribution in [0.5, 0.6) is 5.75 Å². The van der Waals surface area contributed by atoms with Crippen molar-refractivity contribution >= 4 is 27.6 Å². The van der Waals surface area contributed by atoms with Gasteiger partial charge in [0, 0.05) is 12.1 Å². The minimum absolute atomic E-state index is 0.0255. The molecule has 0 aliphatic carbocycles. The lowest BCUT2D eigenvalue weighted by Crippen LogP contribution is -2.23. The van der Waals surface area contributed by atoms with E-state index in [1.807, 2.05) is 6.92 Å². The third-order valence-electron chi connectivity index (χ3n) is 4.37. The Balaban J connectivity index is 1.87. The SMILES string of the molecule is COc1ccc(C(=O)O[C@@H]2C[C@H](C)OC2=O)cc1S(=O)(=O)Nc1ccc(C)cc1. The molecule has 1 aliphatic heterocycles. The van der Waals surface area contributed by atoms with Crippen molar-refractivity contribution in [2.75, 3.05) is 11.8 Å². The highest BCUT2D eigenvalue weighted by atomic mass is 32.2. The van der Waals surface area contributed by atoms with Gasteiger partial charge in [0.05, 0.1) is 12.7 Å². The van der Waals surface area contributed by atoms with Crippen molar-refractivity contribution in [2.24, 2.45) is 0 Å². The van der Waals surface area contributed by atoms with Gasteiger partial charge >= 0.3 is 11.9 Å². The second-order valence-electron chi connectivity index (χ2n) is 6.71. The Kier molecular flexibility index (Phi) is 5.78. The van der Waals surface area contributed by atoms with E-state index in [0.29, 0.717) is 5.69 Å². The minimum Gasteiger partial charge on any atom is -0.495 e. The third-order valence-corrected chi connectivity index (χ3v) is 5.77. The molecule has 154 valence electrons. The minimum atomic E-state index is -4.05. The lowest BCUT2D eigenvalue weighted by Gasteiger charge is -2.14. The average Bonchev–Trinajstić information content (AvgIpc) is 2.99. The van der Waals surface area contributed by atoms with Gasteiger partial charge in [0.25, 0.3) is 10.0 Å². The Bertz CT molecular complexity index is 1030. The Hall–Kier alpha value is -3.07. The lowest BCUT2D eigenvalue weighted by atomic mass is 10.2. The van der Waals surface area contributed by atoms with E-state index in [1.54, 1.807) is 31.2 Å². The van der Waals surface area contributed by atoms with Crippen molar-refractivity contribution in [1.82, 2.24) is 0 Å². The van der Waals surface area contributed by atoms with Crippen molar-refractivity contribution in [1.29, 1.82) is 0 Å². The highest BCUT2D eigenvalue weighted by Crippen LogP contribution is 2.28. The number of cyclic esters (lactones) is 1. The number of nitrogens with one attached hydrogen (secondary N) is 1. The molecule has 1 N–H and O–H groups in total. The van der Waals surface area contributed by atoms with Gasteiger partial charge in [-0.15, -0.1) is 0 Å². The Morgan fingerprint density at radius 2 is 1.86 bits per heavy atom. The number of sulfonamides is 1. The van der Waals surface area contributed by atoms with Crippen molar-refractivity contribution in [2.45, 2.75) is 37.4 Å². The molecule has 0 aromatic heterocycles. The van der Waals surface area contributed by atoms with Gasteiger partial charge in [-0.3, -0.25) is 4.72 Å². The second-order valence-corrected chi connectivity index (χ2v) is 8.37. The van der Waals surface area contributed by atoms with Gasteiger partial charge < -0.3 is 14.2 Å². The van der Waals surface area contributed by atoms with E-state index < -0.39 is 28.1 Å². The number of carbonyl (C=O) groups excluding carboxylic acids is 2. The molecule has 0 amide bonds. The highest BCUT2D eigenvalue weighted by Gasteiger charge is 2.35. The standard InChI is InChI=1S/C20H21NO7S/c1-12-4-7-15(8-5-12)21-29(24,25)18-11-14(6-9-16(18)26-3)19(22)28-17-10-13(2)27-20(17)23/h4-9,11,13,17,21H,10H2,1-3H3/t13-,17+/m0/s1. The number of carbonyl (C=O) groups is 2. The topological polar surface area (TPSA) is 108 Å². The molecular formula is C20H21NO7S. The van der Waals surface area contributed by atoms with E-state index in [9.17, 15) is 18.0 Å². The van der Waals surface area contributed by atoms with Gasteiger partial charge in [0.1, 0.15) is 16.7 Å². The molecule has 0 spiro atoms. The molecule has 3 rings (SSSR count). The first-order chi connectivity index (χ1) is 13.7. The van der Waals surface area contributed by atoms with E-state index in [4.69, 9.17) is 14.2 Å². The van der Waals surface area contributed by atoms with Gasteiger partial charge in [-0.25, -0.2) is 18.0 Å². The van der Waals surface area contributed by atoms with E-state index in [-0.39, 0.29) is 28.7 Å². The Labute approximate surface area is 168 Å². The van der Waals surface area contributed by atoms with Gasteiger partial charge in [0.2, 0.25) is 6.10 Å². The molecule has 0 radical (unpaired) electrons. The van der Waals surface area contributed by atoms with Gasteiger partial charge in [-0.05, 0) is 44.2 Å². The number of esters is 2. The molecule has 2 atom stereocenters. The van der Waals surface area contributed by atoms with Crippen LogP contribution in [0.25, 0.3) is 0 Å². The van der Waals surface area contributed by atoms with Crippen LogP contribution >= 0.6 is 0 Å². The molecule has 1 heterocycles. The zero-order valence-electron chi connectivity index (χ0n) is 16.2. The maximum absolute atomic E-state index is 12.9. The quantitative estimate of drug-likeness (QED) is 0.717. The summed E-state index contributed by atoms with van der Waals surface area (Å²) in [6.07, 6.45) is -1.10. The molecule has 2 aromatic rings. The molecular weight excluding hydrogens is 398 g/mol. The smallest absolute Gasteiger partial charge is 0.347 e. The van der Waals surface area contributed by atoms with Crippen LogP contribution in [0.3, 0.4) is 0 Å². The van der Waals surface area contributed by atoms with E-state index in [2.05, 4.69) is 4.72 Å². The first-order valence-corrected chi connectivity index (χ1v) is 10.4. The maximum Gasteiger partial charge on any atom is 0.347 e. The fourth-order valence-electron chi connectivity index (χ4n) is 2.86. The largest absolute Gasteiger partial charge is 0.495 e. The van der Waals surface area contributed by atoms with Gasteiger partial charge in [0.15, 0.2) is 0 Å². The van der Waals surface area contributed by atoms with Crippen LogP contribution in [-0.2, 0) is 24.3 Å². The van der Waals surface area contributed by atoms with Gasteiger partial charge in [-0.2, -0.15) is 0 Å². The fourth-order valence-corrected chi connectivity index (χ4v) is 4.11. The van der Waals surface area contributed by atoms with E-state index in [0.717, 1.165) is 11.6 Å². The molecule has 9 heteroatoms. The predicted octanol–water partition coefficient (Wildman–Crippen LogP) is 2.67. The lowest BCUT2D eigenvalue weighted by molar-refractivity contribution is -0.147. The molecule has 0 unspecified atom stereocenters.